The third-order valence-corrected chi connectivity index (χ3v) is 4.06. The molecule has 0 aliphatic carbocycles. The van der Waals surface area contributed by atoms with Crippen molar-refractivity contribution in [2.24, 2.45) is 5.41 Å². The summed E-state index contributed by atoms with van der Waals surface area (Å²) in [5, 5.41) is 0.866. The molecule has 1 saturated heterocycles. The normalized spacial score (nSPS) is 22.9. The number of esters is 1. The summed E-state index contributed by atoms with van der Waals surface area (Å²) in [5.41, 5.74) is -0.254. The molecule has 1 aromatic carbocycles. The molecule has 0 N–H and O–H groups in total. The Hall–Kier alpha value is -1.06. The van der Waals surface area contributed by atoms with Crippen LogP contribution in [0.25, 0.3) is 0 Å². The molecule has 0 aromatic heterocycles. The molecule has 1 atom stereocenters. The van der Waals surface area contributed by atoms with Crippen molar-refractivity contribution in [1.29, 1.82) is 0 Å². The Morgan fingerprint density at radius 2 is 2.11 bits per heavy atom. The zero-order valence-corrected chi connectivity index (χ0v) is 11.3. The van der Waals surface area contributed by atoms with Crippen LogP contribution in [0.2, 0.25) is 10.0 Å². The van der Waals surface area contributed by atoms with Crippen LogP contribution in [0.1, 0.15) is 18.9 Å². The molecule has 18 heavy (non-hydrogen) atoms. The molecule has 1 aliphatic rings. The van der Waals surface area contributed by atoms with Crippen molar-refractivity contribution in [2.75, 3.05) is 6.61 Å². The van der Waals surface area contributed by atoms with Crippen molar-refractivity contribution < 1.29 is 14.3 Å². The second-order valence-corrected chi connectivity index (χ2v) is 5.26. The number of hydrogen-bond donors (Lipinski definition) is 0. The maximum atomic E-state index is 11.8. The molecule has 3 nitrogen and oxygen atoms in total. The minimum absolute atomic E-state index is 0.170. The van der Waals surface area contributed by atoms with Crippen LogP contribution in [0, 0.1) is 5.41 Å². The number of ketones is 1. The van der Waals surface area contributed by atoms with Gasteiger partial charge in [-0.2, -0.15) is 0 Å². The van der Waals surface area contributed by atoms with Crippen molar-refractivity contribution in [3.05, 3.63) is 33.8 Å². The number of hydrogen-bond acceptors (Lipinski definition) is 3. The summed E-state index contributed by atoms with van der Waals surface area (Å²) >= 11 is 11.8. The fraction of sp³-hybridized carbons (Fsp3) is 0.385. The van der Waals surface area contributed by atoms with Crippen LogP contribution < -0.4 is 0 Å². The summed E-state index contributed by atoms with van der Waals surface area (Å²) in [5.74, 6) is -0.614. The monoisotopic (exact) mass is 286 g/mol. The lowest BCUT2D eigenvalue weighted by molar-refractivity contribution is -0.150. The van der Waals surface area contributed by atoms with Crippen LogP contribution in [0.4, 0.5) is 0 Å². The average molecular weight is 287 g/mol. The lowest BCUT2D eigenvalue weighted by atomic mass is 9.77. The van der Waals surface area contributed by atoms with Crippen LogP contribution in [-0.2, 0) is 20.7 Å². The Bertz CT molecular complexity index is 513. The summed E-state index contributed by atoms with van der Waals surface area (Å²) in [6, 6.07) is 5.11. The van der Waals surface area contributed by atoms with Crippen LogP contribution in [-0.4, -0.2) is 18.4 Å². The Morgan fingerprint density at radius 1 is 1.39 bits per heavy atom. The Balaban J connectivity index is 2.32. The zero-order valence-electron chi connectivity index (χ0n) is 9.83. The first-order valence-corrected chi connectivity index (χ1v) is 6.33. The van der Waals surface area contributed by atoms with Gasteiger partial charge < -0.3 is 4.74 Å². The molecule has 96 valence electrons. The molecule has 0 amide bonds. The predicted octanol–water partition coefficient (Wildman–Crippen LogP) is 3.06. The number of benzene rings is 1. The minimum atomic E-state index is -1.06. The fourth-order valence-electron chi connectivity index (χ4n) is 2.16. The molecule has 0 spiro atoms. The maximum Gasteiger partial charge on any atom is 0.320 e. The van der Waals surface area contributed by atoms with Gasteiger partial charge in [0.1, 0.15) is 11.2 Å². The van der Waals surface area contributed by atoms with Crippen LogP contribution in [0.3, 0.4) is 0 Å². The molecular weight excluding hydrogens is 275 g/mol. The van der Waals surface area contributed by atoms with Gasteiger partial charge in [0.25, 0.3) is 0 Å². The van der Waals surface area contributed by atoms with Gasteiger partial charge in [-0.15, -0.1) is 0 Å². The number of halogens is 2. The molecule has 2 rings (SSSR count). The highest BCUT2D eigenvalue weighted by molar-refractivity contribution is 6.42. The molecule has 0 saturated carbocycles. The molecule has 1 aromatic rings. The smallest absolute Gasteiger partial charge is 0.320 e. The van der Waals surface area contributed by atoms with Crippen molar-refractivity contribution in [1.82, 2.24) is 0 Å². The highest BCUT2D eigenvalue weighted by Gasteiger charge is 2.48. The number of Topliss-reactive ketones (excluding diaryl/α,β-unsaturated/α-hetero) is 1. The van der Waals surface area contributed by atoms with E-state index in [0.717, 1.165) is 5.56 Å². The average Bonchev–Trinajstić information content (AvgIpc) is 2.67. The number of cyclic esters (lactones) is 1. The second kappa shape index (κ2) is 4.90. The predicted molar refractivity (Wildman–Crippen MR) is 68.9 cm³/mol. The molecule has 5 heteroatoms. The molecule has 1 fully saturated rings. The van der Waals surface area contributed by atoms with Crippen LogP contribution in [0.5, 0.6) is 0 Å². The number of carbonyl (C=O) groups excluding carboxylic acids is 2. The number of carbonyl (C=O) groups is 2. The van der Waals surface area contributed by atoms with E-state index in [-0.39, 0.29) is 5.78 Å². The summed E-state index contributed by atoms with van der Waals surface area (Å²) in [7, 11) is 0. The van der Waals surface area contributed by atoms with Gasteiger partial charge in [-0.05, 0) is 31.0 Å². The van der Waals surface area contributed by atoms with E-state index in [2.05, 4.69) is 0 Å². The zero-order chi connectivity index (χ0) is 13.3. The van der Waals surface area contributed by atoms with Gasteiger partial charge in [0.2, 0.25) is 0 Å². The van der Waals surface area contributed by atoms with Gasteiger partial charge in [0, 0.05) is 6.42 Å². The highest BCUT2D eigenvalue weighted by atomic mass is 35.5. The largest absolute Gasteiger partial charge is 0.465 e. The summed E-state index contributed by atoms with van der Waals surface area (Å²) in [6.45, 7) is 1.71. The lowest BCUT2D eigenvalue weighted by Gasteiger charge is -2.21. The Morgan fingerprint density at radius 3 is 2.61 bits per heavy atom. The third-order valence-electron chi connectivity index (χ3n) is 3.32. The third kappa shape index (κ3) is 2.25. The van der Waals surface area contributed by atoms with Crippen molar-refractivity contribution >= 4 is 35.0 Å². The van der Waals surface area contributed by atoms with Gasteiger partial charge in [0.05, 0.1) is 16.7 Å². The van der Waals surface area contributed by atoms with E-state index in [4.69, 9.17) is 27.9 Å². The fourth-order valence-corrected chi connectivity index (χ4v) is 2.48. The minimum Gasteiger partial charge on any atom is -0.465 e. The van der Waals surface area contributed by atoms with E-state index in [9.17, 15) is 9.59 Å². The van der Waals surface area contributed by atoms with Gasteiger partial charge in [0.15, 0.2) is 0 Å². The van der Waals surface area contributed by atoms with E-state index < -0.39 is 11.4 Å². The summed E-state index contributed by atoms with van der Waals surface area (Å²) in [4.78, 5) is 23.6. The van der Waals surface area contributed by atoms with Crippen molar-refractivity contribution in [3.63, 3.8) is 0 Å². The SMILES string of the molecule is CC(=O)C1(Cc2ccc(Cl)c(Cl)c2)CCOC1=O. The first-order chi connectivity index (χ1) is 8.45. The molecule has 1 heterocycles. The molecule has 1 unspecified atom stereocenters. The molecule has 0 radical (unpaired) electrons. The van der Waals surface area contributed by atoms with E-state index in [1.807, 2.05) is 0 Å². The van der Waals surface area contributed by atoms with Gasteiger partial charge in [-0.1, -0.05) is 29.3 Å². The topological polar surface area (TPSA) is 43.4 Å². The van der Waals surface area contributed by atoms with E-state index in [0.29, 0.717) is 29.5 Å². The van der Waals surface area contributed by atoms with Gasteiger partial charge in [-0.3, -0.25) is 9.59 Å². The van der Waals surface area contributed by atoms with E-state index >= 15 is 0 Å². The Kier molecular flexibility index (Phi) is 3.64. The first-order valence-electron chi connectivity index (χ1n) is 5.58. The van der Waals surface area contributed by atoms with Crippen LogP contribution in [0.15, 0.2) is 18.2 Å². The molecule has 0 bridgehead atoms. The van der Waals surface area contributed by atoms with Crippen molar-refractivity contribution in [3.8, 4) is 0 Å². The van der Waals surface area contributed by atoms with Gasteiger partial charge in [-0.25, -0.2) is 0 Å². The number of rotatable bonds is 3. The van der Waals surface area contributed by atoms with Crippen LogP contribution >= 0.6 is 23.2 Å². The molecular formula is C13H12Cl2O3. The van der Waals surface area contributed by atoms with E-state index in [1.165, 1.54) is 6.92 Å². The van der Waals surface area contributed by atoms with Gasteiger partial charge >= 0.3 is 5.97 Å². The number of ether oxygens (including phenoxy) is 1. The molecule has 1 aliphatic heterocycles. The summed E-state index contributed by atoms with van der Waals surface area (Å²) in [6.07, 6.45) is 0.722. The first kappa shape index (κ1) is 13.4. The van der Waals surface area contributed by atoms with Crippen molar-refractivity contribution in [2.45, 2.75) is 19.8 Å². The quantitative estimate of drug-likeness (QED) is 0.634. The standard InChI is InChI=1S/C13H12Cl2O3/c1-8(16)13(4-5-18-12(13)17)7-9-2-3-10(14)11(15)6-9/h2-3,6H,4-5,7H2,1H3. The maximum absolute atomic E-state index is 11.8. The Labute approximate surface area is 115 Å². The van der Waals surface area contributed by atoms with E-state index in [1.54, 1.807) is 18.2 Å². The highest BCUT2D eigenvalue weighted by Crippen LogP contribution is 2.36. The second-order valence-electron chi connectivity index (χ2n) is 4.45. The summed E-state index contributed by atoms with van der Waals surface area (Å²) < 4.78 is 4.94. The lowest BCUT2D eigenvalue weighted by Crippen LogP contribution is -2.36.